The molecule has 0 fully saturated rings. The zero-order valence-electron chi connectivity index (χ0n) is 11.8. The summed E-state index contributed by atoms with van der Waals surface area (Å²) in [6, 6.07) is 12.0. The van der Waals surface area contributed by atoms with Crippen molar-refractivity contribution in [2.24, 2.45) is 0 Å². The molecule has 108 valence electrons. The van der Waals surface area contributed by atoms with E-state index in [1.807, 2.05) is 38.2 Å². The molecule has 2 aromatic carbocycles. The molecule has 1 heterocycles. The highest BCUT2D eigenvalue weighted by Crippen LogP contribution is 2.31. The highest BCUT2D eigenvalue weighted by Gasteiger charge is 2.19. The van der Waals surface area contributed by atoms with E-state index in [1.54, 1.807) is 6.07 Å². The zero-order valence-corrected chi connectivity index (χ0v) is 12.5. The first kappa shape index (κ1) is 14.1. The standard InChI is InChI=1S/C17H15ClFNO/c1-10-3-4-12(18)9-14(10)17(20-2)16-8-11-7-13(19)5-6-15(11)21-16/h3-9,17,20H,1-2H3. The van der Waals surface area contributed by atoms with Crippen LogP contribution in [0.15, 0.2) is 46.9 Å². The minimum absolute atomic E-state index is 0.126. The summed E-state index contributed by atoms with van der Waals surface area (Å²) in [6.07, 6.45) is 0. The first-order valence-corrected chi connectivity index (χ1v) is 7.08. The number of benzene rings is 2. The Kier molecular flexibility index (Phi) is 3.70. The summed E-state index contributed by atoms with van der Waals surface area (Å²) < 4.78 is 19.1. The first-order valence-electron chi connectivity index (χ1n) is 6.71. The summed E-state index contributed by atoms with van der Waals surface area (Å²) in [6.45, 7) is 2.03. The van der Waals surface area contributed by atoms with Crippen molar-refractivity contribution in [1.82, 2.24) is 5.32 Å². The fourth-order valence-corrected chi connectivity index (χ4v) is 2.73. The molecule has 1 unspecified atom stereocenters. The second kappa shape index (κ2) is 5.51. The van der Waals surface area contributed by atoms with Gasteiger partial charge < -0.3 is 9.73 Å². The van der Waals surface area contributed by atoms with Gasteiger partial charge in [0.25, 0.3) is 0 Å². The van der Waals surface area contributed by atoms with Gasteiger partial charge in [-0.05, 0) is 61.5 Å². The lowest BCUT2D eigenvalue weighted by Crippen LogP contribution is -2.18. The Morgan fingerprint density at radius 3 is 2.71 bits per heavy atom. The predicted octanol–water partition coefficient (Wildman–Crippen LogP) is 4.84. The van der Waals surface area contributed by atoms with Crippen molar-refractivity contribution < 1.29 is 8.81 Å². The Hall–Kier alpha value is -1.84. The minimum atomic E-state index is -0.269. The van der Waals surface area contributed by atoms with Crippen LogP contribution in [0.25, 0.3) is 11.0 Å². The second-order valence-electron chi connectivity index (χ2n) is 5.05. The minimum Gasteiger partial charge on any atom is -0.459 e. The van der Waals surface area contributed by atoms with Gasteiger partial charge >= 0.3 is 0 Å². The van der Waals surface area contributed by atoms with Crippen LogP contribution in [0, 0.1) is 12.7 Å². The molecule has 0 radical (unpaired) electrons. The molecule has 21 heavy (non-hydrogen) atoms. The molecule has 1 atom stereocenters. The molecule has 0 bridgehead atoms. The summed E-state index contributed by atoms with van der Waals surface area (Å²) >= 11 is 6.10. The Balaban J connectivity index is 2.11. The van der Waals surface area contributed by atoms with Crippen LogP contribution in [0.4, 0.5) is 4.39 Å². The van der Waals surface area contributed by atoms with Crippen LogP contribution >= 0.6 is 11.6 Å². The Bertz CT molecular complexity index is 797. The maximum atomic E-state index is 13.3. The maximum absolute atomic E-state index is 13.3. The van der Waals surface area contributed by atoms with E-state index in [-0.39, 0.29) is 11.9 Å². The van der Waals surface area contributed by atoms with Gasteiger partial charge in [-0.2, -0.15) is 0 Å². The van der Waals surface area contributed by atoms with E-state index in [1.165, 1.54) is 12.1 Å². The molecule has 0 saturated carbocycles. The smallest absolute Gasteiger partial charge is 0.134 e. The lowest BCUT2D eigenvalue weighted by Gasteiger charge is -2.16. The van der Waals surface area contributed by atoms with E-state index in [9.17, 15) is 4.39 Å². The molecule has 1 N–H and O–H groups in total. The van der Waals surface area contributed by atoms with Crippen molar-refractivity contribution in [1.29, 1.82) is 0 Å². The number of nitrogens with one attached hydrogen (secondary N) is 1. The molecule has 0 amide bonds. The van der Waals surface area contributed by atoms with Gasteiger partial charge in [0.05, 0.1) is 6.04 Å². The van der Waals surface area contributed by atoms with Crippen LogP contribution in [0.1, 0.15) is 22.9 Å². The van der Waals surface area contributed by atoms with E-state index in [0.29, 0.717) is 10.6 Å². The summed E-state index contributed by atoms with van der Waals surface area (Å²) in [5.74, 6) is 0.471. The average molecular weight is 304 g/mol. The molecular formula is C17H15ClFNO. The quantitative estimate of drug-likeness (QED) is 0.749. The number of hydrogen-bond donors (Lipinski definition) is 1. The van der Waals surface area contributed by atoms with Gasteiger partial charge in [0.2, 0.25) is 0 Å². The van der Waals surface area contributed by atoms with Crippen molar-refractivity contribution >= 4 is 22.6 Å². The van der Waals surface area contributed by atoms with Gasteiger partial charge in [-0.3, -0.25) is 0 Å². The zero-order chi connectivity index (χ0) is 15.0. The SMILES string of the molecule is CNC(c1cc2cc(F)ccc2o1)c1cc(Cl)ccc1C. The molecule has 1 aromatic heterocycles. The predicted molar refractivity (Wildman–Crippen MR) is 83.3 cm³/mol. The van der Waals surface area contributed by atoms with E-state index in [4.69, 9.17) is 16.0 Å². The van der Waals surface area contributed by atoms with Crippen LogP contribution < -0.4 is 5.32 Å². The maximum Gasteiger partial charge on any atom is 0.134 e. The second-order valence-corrected chi connectivity index (χ2v) is 5.49. The third kappa shape index (κ3) is 2.67. The fourth-order valence-electron chi connectivity index (χ4n) is 2.55. The third-order valence-electron chi connectivity index (χ3n) is 3.62. The van der Waals surface area contributed by atoms with Crippen molar-refractivity contribution in [3.63, 3.8) is 0 Å². The summed E-state index contributed by atoms with van der Waals surface area (Å²) in [4.78, 5) is 0. The largest absolute Gasteiger partial charge is 0.459 e. The molecule has 0 aliphatic carbocycles. The average Bonchev–Trinajstić information content (AvgIpc) is 2.86. The van der Waals surface area contributed by atoms with Gasteiger partial charge in [-0.15, -0.1) is 0 Å². The Morgan fingerprint density at radius 1 is 1.14 bits per heavy atom. The lowest BCUT2D eigenvalue weighted by atomic mass is 9.99. The fraction of sp³-hybridized carbons (Fsp3) is 0.176. The van der Waals surface area contributed by atoms with Crippen LogP contribution in [-0.4, -0.2) is 7.05 Å². The highest BCUT2D eigenvalue weighted by atomic mass is 35.5. The molecule has 3 rings (SSSR count). The first-order chi connectivity index (χ1) is 10.1. The van der Waals surface area contributed by atoms with Gasteiger partial charge in [0, 0.05) is 10.4 Å². The summed E-state index contributed by atoms with van der Waals surface area (Å²) in [5, 5.41) is 4.67. The lowest BCUT2D eigenvalue weighted by molar-refractivity contribution is 0.490. The number of rotatable bonds is 3. The molecule has 3 aromatic rings. The van der Waals surface area contributed by atoms with Crippen LogP contribution in [0.2, 0.25) is 5.02 Å². The van der Waals surface area contributed by atoms with Crippen LogP contribution in [0.3, 0.4) is 0 Å². The number of hydrogen-bond acceptors (Lipinski definition) is 2. The van der Waals surface area contributed by atoms with E-state index in [2.05, 4.69) is 5.32 Å². The van der Waals surface area contributed by atoms with E-state index < -0.39 is 0 Å². The Morgan fingerprint density at radius 2 is 1.95 bits per heavy atom. The highest BCUT2D eigenvalue weighted by molar-refractivity contribution is 6.30. The van der Waals surface area contributed by atoms with Crippen LogP contribution in [-0.2, 0) is 0 Å². The molecule has 2 nitrogen and oxygen atoms in total. The molecular weight excluding hydrogens is 289 g/mol. The Labute approximate surface area is 127 Å². The normalized spacial score (nSPS) is 12.8. The third-order valence-corrected chi connectivity index (χ3v) is 3.86. The van der Waals surface area contributed by atoms with E-state index in [0.717, 1.165) is 22.3 Å². The van der Waals surface area contributed by atoms with Crippen molar-refractivity contribution in [3.05, 3.63) is 70.2 Å². The van der Waals surface area contributed by atoms with Gasteiger partial charge in [0.15, 0.2) is 0 Å². The van der Waals surface area contributed by atoms with Crippen molar-refractivity contribution in [3.8, 4) is 0 Å². The molecule has 4 heteroatoms. The number of aryl methyl sites for hydroxylation is 1. The summed E-state index contributed by atoms with van der Waals surface area (Å²) in [7, 11) is 1.86. The van der Waals surface area contributed by atoms with Gasteiger partial charge in [-0.1, -0.05) is 17.7 Å². The van der Waals surface area contributed by atoms with Crippen molar-refractivity contribution in [2.45, 2.75) is 13.0 Å². The molecule has 0 spiro atoms. The van der Waals surface area contributed by atoms with Crippen LogP contribution in [0.5, 0.6) is 0 Å². The van der Waals surface area contributed by atoms with Gasteiger partial charge in [0.1, 0.15) is 17.2 Å². The monoisotopic (exact) mass is 303 g/mol. The van der Waals surface area contributed by atoms with Crippen molar-refractivity contribution in [2.75, 3.05) is 7.05 Å². The van der Waals surface area contributed by atoms with E-state index >= 15 is 0 Å². The molecule has 0 aliphatic rings. The number of furan rings is 1. The number of fused-ring (bicyclic) bond motifs is 1. The number of halogens is 2. The van der Waals surface area contributed by atoms with Gasteiger partial charge in [-0.25, -0.2) is 4.39 Å². The summed E-state index contributed by atoms with van der Waals surface area (Å²) in [5.41, 5.74) is 2.83. The topological polar surface area (TPSA) is 25.2 Å². The molecule has 0 saturated heterocycles. The molecule has 0 aliphatic heterocycles.